The van der Waals surface area contributed by atoms with Gasteiger partial charge in [-0.1, -0.05) is 20.4 Å². The van der Waals surface area contributed by atoms with Crippen LogP contribution in [0, 0.1) is 16.2 Å². The van der Waals surface area contributed by atoms with Crippen molar-refractivity contribution >= 4 is 10.1 Å². The van der Waals surface area contributed by atoms with Crippen LogP contribution in [0.1, 0.15) is 59.3 Å². The number of ether oxygens (including phenoxy) is 1. The smallest absolute Gasteiger partial charge is 0.264 e. The molecule has 144 valence electrons. The van der Waals surface area contributed by atoms with Gasteiger partial charge in [-0.15, -0.1) is 0 Å². The molecule has 2 atom stereocenters. The predicted molar refractivity (Wildman–Crippen MR) is 98.6 cm³/mol. The highest BCUT2D eigenvalue weighted by molar-refractivity contribution is 7.85. The Bertz CT molecular complexity index is 638. The van der Waals surface area contributed by atoms with Gasteiger partial charge in [0.1, 0.15) is 0 Å². The van der Waals surface area contributed by atoms with E-state index in [1.165, 1.54) is 19.3 Å². The van der Waals surface area contributed by atoms with Crippen molar-refractivity contribution in [3.63, 3.8) is 0 Å². The minimum absolute atomic E-state index is 0.102. The van der Waals surface area contributed by atoms with E-state index in [4.69, 9.17) is 8.92 Å². The standard InChI is InChI=1S/C19H33NO4S/c1-15(2)20-14-18-9-16(3)8-17(4,10-18)12-19(11-16,13-18)23-6-7-24-25(5,21)22/h20H,1,6-14H2,2-5H3. The summed E-state index contributed by atoms with van der Waals surface area (Å²) in [5.74, 6) is 0. The fraction of sp³-hybridized carbons (Fsp3) is 0.895. The lowest BCUT2D eigenvalue weighted by atomic mass is 9.39. The first kappa shape index (κ1) is 19.2. The second kappa shape index (κ2) is 5.96. The first-order valence-electron chi connectivity index (χ1n) is 9.24. The molecule has 0 radical (unpaired) electrons. The van der Waals surface area contributed by atoms with Crippen LogP contribution in [-0.2, 0) is 19.0 Å². The Morgan fingerprint density at radius 1 is 1.04 bits per heavy atom. The van der Waals surface area contributed by atoms with Gasteiger partial charge in [0, 0.05) is 12.2 Å². The fourth-order valence-corrected chi connectivity index (χ4v) is 7.32. The van der Waals surface area contributed by atoms with Crippen LogP contribution in [0.3, 0.4) is 0 Å². The van der Waals surface area contributed by atoms with Crippen molar-refractivity contribution < 1.29 is 17.3 Å². The molecule has 0 spiro atoms. The molecule has 4 aliphatic carbocycles. The zero-order valence-electron chi connectivity index (χ0n) is 16.1. The molecule has 6 heteroatoms. The van der Waals surface area contributed by atoms with E-state index in [1.807, 2.05) is 6.92 Å². The summed E-state index contributed by atoms with van der Waals surface area (Å²) in [6, 6.07) is 0. The van der Waals surface area contributed by atoms with E-state index >= 15 is 0 Å². The fourth-order valence-electron chi connectivity index (χ4n) is 6.95. The maximum absolute atomic E-state index is 11.2. The van der Waals surface area contributed by atoms with E-state index in [1.54, 1.807) is 0 Å². The molecule has 2 unspecified atom stereocenters. The minimum atomic E-state index is -3.41. The molecule has 4 bridgehead atoms. The van der Waals surface area contributed by atoms with Crippen LogP contribution in [0.25, 0.3) is 0 Å². The first-order chi connectivity index (χ1) is 11.4. The largest absolute Gasteiger partial charge is 0.388 e. The zero-order valence-corrected chi connectivity index (χ0v) is 16.9. The summed E-state index contributed by atoms with van der Waals surface area (Å²) in [6.07, 6.45) is 8.01. The number of hydrogen-bond donors (Lipinski definition) is 1. The normalized spacial score (nSPS) is 42.6. The van der Waals surface area contributed by atoms with Crippen molar-refractivity contribution in [1.82, 2.24) is 5.32 Å². The molecular formula is C19H33NO4S. The third-order valence-electron chi connectivity index (χ3n) is 6.21. The van der Waals surface area contributed by atoms with Gasteiger partial charge >= 0.3 is 0 Å². The van der Waals surface area contributed by atoms with Gasteiger partial charge in [-0.25, -0.2) is 0 Å². The number of nitrogens with one attached hydrogen (secondary N) is 1. The lowest BCUT2D eigenvalue weighted by Crippen LogP contribution is -2.65. The second-order valence-corrected chi connectivity index (χ2v) is 11.5. The van der Waals surface area contributed by atoms with Crippen LogP contribution in [0.5, 0.6) is 0 Å². The van der Waals surface area contributed by atoms with Gasteiger partial charge in [0.2, 0.25) is 0 Å². The molecule has 4 saturated carbocycles. The highest BCUT2D eigenvalue weighted by atomic mass is 32.2. The Hall–Kier alpha value is -0.590. The Balaban J connectivity index is 1.74. The highest BCUT2D eigenvalue weighted by Crippen LogP contribution is 2.71. The molecular weight excluding hydrogens is 338 g/mol. The van der Waals surface area contributed by atoms with Crippen LogP contribution in [0.4, 0.5) is 0 Å². The lowest BCUT2D eigenvalue weighted by Gasteiger charge is -2.69. The van der Waals surface area contributed by atoms with Crippen molar-refractivity contribution in [2.45, 2.75) is 64.9 Å². The summed E-state index contributed by atoms with van der Waals surface area (Å²) in [5.41, 5.74) is 1.73. The van der Waals surface area contributed by atoms with Gasteiger partial charge in [-0.2, -0.15) is 8.42 Å². The lowest BCUT2D eigenvalue weighted by molar-refractivity contribution is -0.244. The molecule has 4 rings (SSSR count). The predicted octanol–water partition coefficient (Wildman–Crippen LogP) is 3.22. The van der Waals surface area contributed by atoms with Gasteiger partial charge in [-0.05, 0) is 61.7 Å². The Kier molecular flexibility index (Phi) is 4.57. The molecule has 0 aromatic rings. The molecule has 0 aliphatic heterocycles. The van der Waals surface area contributed by atoms with E-state index in [-0.39, 0.29) is 17.6 Å². The molecule has 25 heavy (non-hydrogen) atoms. The molecule has 0 saturated heterocycles. The summed E-state index contributed by atoms with van der Waals surface area (Å²) >= 11 is 0. The Labute approximate surface area is 152 Å². The van der Waals surface area contributed by atoms with Gasteiger partial charge in [0.25, 0.3) is 10.1 Å². The summed E-state index contributed by atoms with van der Waals surface area (Å²) in [6.45, 7) is 12.2. The first-order valence-corrected chi connectivity index (χ1v) is 11.1. The summed E-state index contributed by atoms with van der Waals surface area (Å²) < 4.78 is 33.6. The quantitative estimate of drug-likeness (QED) is 0.524. The molecule has 4 aliphatic rings. The van der Waals surface area contributed by atoms with E-state index in [0.29, 0.717) is 17.4 Å². The van der Waals surface area contributed by atoms with Crippen LogP contribution in [0.2, 0.25) is 0 Å². The van der Waals surface area contributed by atoms with Gasteiger partial charge in [0.05, 0.1) is 25.1 Å². The summed E-state index contributed by atoms with van der Waals surface area (Å²) in [4.78, 5) is 0. The van der Waals surface area contributed by atoms with Crippen molar-refractivity contribution in [3.05, 3.63) is 12.3 Å². The summed E-state index contributed by atoms with van der Waals surface area (Å²) in [5, 5.41) is 3.49. The summed E-state index contributed by atoms with van der Waals surface area (Å²) in [7, 11) is -3.41. The van der Waals surface area contributed by atoms with Crippen LogP contribution < -0.4 is 5.32 Å². The molecule has 4 fully saturated rings. The van der Waals surface area contributed by atoms with Crippen molar-refractivity contribution in [3.8, 4) is 0 Å². The van der Waals surface area contributed by atoms with Gasteiger partial charge in [0.15, 0.2) is 0 Å². The average Bonchev–Trinajstić information content (AvgIpc) is 2.37. The molecule has 0 aromatic heterocycles. The van der Waals surface area contributed by atoms with E-state index < -0.39 is 10.1 Å². The number of rotatable bonds is 8. The molecule has 0 heterocycles. The van der Waals surface area contributed by atoms with Gasteiger partial charge < -0.3 is 10.1 Å². The van der Waals surface area contributed by atoms with Crippen molar-refractivity contribution in [2.24, 2.45) is 16.2 Å². The van der Waals surface area contributed by atoms with E-state index in [0.717, 1.165) is 37.8 Å². The number of hydrogen-bond acceptors (Lipinski definition) is 5. The van der Waals surface area contributed by atoms with Crippen LogP contribution in [-0.4, -0.2) is 40.0 Å². The third-order valence-corrected chi connectivity index (χ3v) is 6.80. The Morgan fingerprint density at radius 2 is 1.64 bits per heavy atom. The molecule has 5 nitrogen and oxygen atoms in total. The maximum Gasteiger partial charge on any atom is 0.264 e. The topological polar surface area (TPSA) is 64.6 Å². The third kappa shape index (κ3) is 4.22. The monoisotopic (exact) mass is 371 g/mol. The average molecular weight is 372 g/mol. The van der Waals surface area contributed by atoms with Crippen molar-refractivity contribution in [1.29, 1.82) is 0 Å². The number of allylic oxidation sites excluding steroid dienone is 1. The second-order valence-electron chi connectivity index (χ2n) is 9.87. The highest BCUT2D eigenvalue weighted by Gasteiger charge is 2.65. The zero-order chi connectivity index (χ0) is 18.6. The SMILES string of the molecule is C=C(C)NCC12CC3(C)CC(C)(C1)CC(OCCOS(C)(=O)=O)(C3)C2. The van der Waals surface area contributed by atoms with Crippen molar-refractivity contribution in [2.75, 3.05) is 26.0 Å². The molecule has 1 N–H and O–H groups in total. The van der Waals surface area contributed by atoms with E-state index in [9.17, 15) is 8.42 Å². The molecule has 0 aromatic carbocycles. The van der Waals surface area contributed by atoms with Gasteiger partial charge in [-0.3, -0.25) is 4.18 Å². The minimum Gasteiger partial charge on any atom is -0.388 e. The Morgan fingerprint density at radius 3 is 2.16 bits per heavy atom. The van der Waals surface area contributed by atoms with Crippen LogP contribution in [0.15, 0.2) is 12.3 Å². The van der Waals surface area contributed by atoms with Crippen LogP contribution >= 0.6 is 0 Å². The maximum atomic E-state index is 11.2. The van der Waals surface area contributed by atoms with E-state index in [2.05, 4.69) is 25.7 Å². The molecule has 0 amide bonds.